The second kappa shape index (κ2) is 10.1. The van der Waals surface area contributed by atoms with Gasteiger partial charge in [-0.2, -0.15) is 0 Å². The number of carboxylic acid groups (broad SMARTS) is 1. The van der Waals surface area contributed by atoms with Gasteiger partial charge in [0.1, 0.15) is 0 Å². The van der Waals surface area contributed by atoms with E-state index in [1.54, 1.807) is 6.08 Å². The summed E-state index contributed by atoms with van der Waals surface area (Å²) in [7, 11) is 0. The fourth-order valence-corrected chi connectivity index (χ4v) is 6.34. The number of aliphatic carboxylic acids is 1. The number of fused-ring (bicyclic) bond motifs is 1. The van der Waals surface area contributed by atoms with Crippen molar-refractivity contribution in [2.75, 3.05) is 6.61 Å². The lowest BCUT2D eigenvalue weighted by atomic mass is 9.85. The zero-order valence-electron chi connectivity index (χ0n) is 17.3. The number of aliphatic hydroxyl groups excluding tert-OH is 2. The fourth-order valence-electron chi connectivity index (χ4n) is 6.34. The average molecular weight is 391 g/mol. The van der Waals surface area contributed by atoms with Crippen molar-refractivity contribution >= 4 is 5.97 Å². The SMILES string of the molecule is CCCC1CCC(C(CCC=C2C[C@@H]3C[C@@H](O)[C@H](C=CCO)[C@H]3C2)C(=O)O)C1. The van der Waals surface area contributed by atoms with Crippen LogP contribution in [0.2, 0.25) is 0 Å². The van der Waals surface area contributed by atoms with Gasteiger partial charge in [0.15, 0.2) is 0 Å². The third-order valence-corrected chi connectivity index (χ3v) is 7.65. The van der Waals surface area contributed by atoms with Gasteiger partial charge < -0.3 is 15.3 Å². The molecule has 0 heterocycles. The van der Waals surface area contributed by atoms with Gasteiger partial charge in [0.2, 0.25) is 0 Å². The largest absolute Gasteiger partial charge is 0.481 e. The number of carbonyl (C=O) groups is 1. The monoisotopic (exact) mass is 390 g/mol. The molecule has 3 unspecified atom stereocenters. The molecule has 0 spiro atoms. The van der Waals surface area contributed by atoms with Gasteiger partial charge in [-0.25, -0.2) is 0 Å². The minimum absolute atomic E-state index is 0.0279. The molecule has 0 amide bonds. The highest BCUT2D eigenvalue weighted by atomic mass is 16.4. The maximum atomic E-state index is 11.8. The number of allylic oxidation sites excluding steroid dienone is 2. The molecule has 0 saturated heterocycles. The molecule has 7 atom stereocenters. The van der Waals surface area contributed by atoms with E-state index < -0.39 is 5.97 Å². The minimum Gasteiger partial charge on any atom is -0.481 e. The molecule has 28 heavy (non-hydrogen) atoms. The van der Waals surface area contributed by atoms with Crippen molar-refractivity contribution < 1.29 is 20.1 Å². The van der Waals surface area contributed by atoms with Crippen LogP contribution in [0.1, 0.15) is 71.1 Å². The summed E-state index contributed by atoms with van der Waals surface area (Å²) >= 11 is 0. The van der Waals surface area contributed by atoms with E-state index in [0.717, 1.165) is 50.9 Å². The number of carboxylic acids is 1. The predicted octanol–water partition coefficient (Wildman–Crippen LogP) is 4.57. The van der Waals surface area contributed by atoms with E-state index in [9.17, 15) is 15.0 Å². The normalized spacial score (nSPS) is 37.8. The summed E-state index contributed by atoms with van der Waals surface area (Å²) in [6.07, 6.45) is 16.1. The third kappa shape index (κ3) is 5.07. The zero-order chi connectivity index (χ0) is 20.1. The fraction of sp³-hybridized carbons (Fsp3) is 0.792. The Morgan fingerprint density at radius 1 is 1.25 bits per heavy atom. The Morgan fingerprint density at radius 2 is 2.07 bits per heavy atom. The predicted molar refractivity (Wildman–Crippen MR) is 111 cm³/mol. The molecule has 3 aliphatic rings. The van der Waals surface area contributed by atoms with Gasteiger partial charge in [0.05, 0.1) is 18.6 Å². The van der Waals surface area contributed by atoms with E-state index in [1.807, 2.05) is 6.08 Å². The molecule has 3 N–H and O–H groups in total. The molecule has 3 aliphatic carbocycles. The van der Waals surface area contributed by atoms with Gasteiger partial charge in [0.25, 0.3) is 0 Å². The van der Waals surface area contributed by atoms with Crippen LogP contribution >= 0.6 is 0 Å². The van der Waals surface area contributed by atoms with Crippen LogP contribution in [0.5, 0.6) is 0 Å². The van der Waals surface area contributed by atoms with Crippen LogP contribution in [0.25, 0.3) is 0 Å². The first-order valence-corrected chi connectivity index (χ1v) is 11.4. The summed E-state index contributed by atoms with van der Waals surface area (Å²) in [6, 6.07) is 0. The molecule has 3 saturated carbocycles. The van der Waals surface area contributed by atoms with Crippen LogP contribution in [0, 0.1) is 35.5 Å². The average Bonchev–Trinajstić information content (AvgIpc) is 3.32. The smallest absolute Gasteiger partial charge is 0.306 e. The Balaban J connectivity index is 1.51. The topological polar surface area (TPSA) is 77.8 Å². The quantitative estimate of drug-likeness (QED) is 0.504. The molecule has 0 aromatic heterocycles. The summed E-state index contributed by atoms with van der Waals surface area (Å²) in [5.74, 6) is 1.46. The van der Waals surface area contributed by atoms with Crippen molar-refractivity contribution in [2.24, 2.45) is 35.5 Å². The van der Waals surface area contributed by atoms with Crippen LogP contribution in [-0.2, 0) is 4.79 Å². The van der Waals surface area contributed by atoms with Crippen LogP contribution in [0.3, 0.4) is 0 Å². The van der Waals surface area contributed by atoms with Gasteiger partial charge in [0, 0.05) is 5.92 Å². The van der Waals surface area contributed by atoms with Gasteiger partial charge in [-0.15, -0.1) is 0 Å². The molecular weight excluding hydrogens is 352 g/mol. The van der Waals surface area contributed by atoms with Crippen molar-refractivity contribution in [1.82, 2.24) is 0 Å². The molecule has 0 aliphatic heterocycles. The van der Waals surface area contributed by atoms with Crippen molar-refractivity contribution in [3.05, 3.63) is 23.8 Å². The minimum atomic E-state index is -0.610. The first-order chi connectivity index (χ1) is 13.5. The molecule has 0 bridgehead atoms. The lowest BCUT2D eigenvalue weighted by Crippen LogP contribution is -2.22. The number of hydrogen-bond acceptors (Lipinski definition) is 3. The van der Waals surface area contributed by atoms with E-state index in [1.165, 1.54) is 24.8 Å². The molecule has 4 nitrogen and oxygen atoms in total. The molecule has 3 fully saturated rings. The van der Waals surface area contributed by atoms with Crippen molar-refractivity contribution in [1.29, 1.82) is 0 Å². The highest BCUT2D eigenvalue weighted by Crippen LogP contribution is 2.50. The van der Waals surface area contributed by atoms with Gasteiger partial charge in [-0.1, -0.05) is 50.0 Å². The summed E-state index contributed by atoms with van der Waals surface area (Å²) in [5.41, 5.74) is 1.45. The van der Waals surface area contributed by atoms with E-state index in [0.29, 0.717) is 17.8 Å². The second-order valence-electron chi connectivity index (χ2n) is 9.44. The number of rotatable bonds is 9. The molecular formula is C24H38O4. The Bertz CT molecular complexity index is 581. The van der Waals surface area contributed by atoms with E-state index in [2.05, 4.69) is 13.0 Å². The van der Waals surface area contributed by atoms with Crippen LogP contribution < -0.4 is 0 Å². The maximum absolute atomic E-state index is 11.8. The van der Waals surface area contributed by atoms with Crippen molar-refractivity contribution in [2.45, 2.75) is 77.2 Å². The molecule has 0 radical (unpaired) electrons. The summed E-state index contributed by atoms with van der Waals surface area (Å²) in [5, 5.41) is 29.1. The highest BCUT2D eigenvalue weighted by Gasteiger charge is 2.45. The Kier molecular flexibility index (Phi) is 7.76. The van der Waals surface area contributed by atoms with Crippen molar-refractivity contribution in [3.8, 4) is 0 Å². The first-order valence-electron chi connectivity index (χ1n) is 11.4. The van der Waals surface area contributed by atoms with E-state index in [4.69, 9.17) is 5.11 Å². The third-order valence-electron chi connectivity index (χ3n) is 7.65. The lowest BCUT2D eigenvalue weighted by molar-refractivity contribution is -0.143. The van der Waals surface area contributed by atoms with Gasteiger partial charge in [-0.05, 0) is 68.6 Å². The Hall–Kier alpha value is -1.13. The molecule has 3 rings (SSSR count). The molecule has 4 heteroatoms. The summed E-state index contributed by atoms with van der Waals surface area (Å²) in [6.45, 7) is 2.24. The van der Waals surface area contributed by atoms with Crippen LogP contribution in [0.15, 0.2) is 23.8 Å². The Morgan fingerprint density at radius 3 is 2.79 bits per heavy atom. The second-order valence-corrected chi connectivity index (χ2v) is 9.44. The highest BCUT2D eigenvalue weighted by molar-refractivity contribution is 5.70. The van der Waals surface area contributed by atoms with E-state index >= 15 is 0 Å². The molecule has 158 valence electrons. The first kappa shape index (κ1) is 21.6. The van der Waals surface area contributed by atoms with Crippen LogP contribution in [-0.4, -0.2) is 34.0 Å². The summed E-state index contributed by atoms with van der Waals surface area (Å²) < 4.78 is 0. The van der Waals surface area contributed by atoms with E-state index in [-0.39, 0.29) is 24.5 Å². The summed E-state index contributed by atoms with van der Waals surface area (Å²) in [4.78, 5) is 11.8. The van der Waals surface area contributed by atoms with Gasteiger partial charge in [-0.3, -0.25) is 4.79 Å². The molecule has 0 aromatic carbocycles. The number of aliphatic hydroxyl groups is 2. The standard InChI is InChI=1S/C24H38O4/c1-2-5-16-9-10-18(12-16)20(24(27)28)7-3-6-17-13-19-15-23(26)21(8-4-11-25)22(19)14-17/h4,6,8,16,18-23,25-26H,2-3,5,7,9-15H2,1H3,(H,27,28)/t16?,18?,19-,20?,21-,22+,23-/m1/s1. The zero-order valence-corrected chi connectivity index (χ0v) is 17.3. The number of hydrogen-bond donors (Lipinski definition) is 3. The molecule has 0 aromatic rings. The van der Waals surface area contributed by atoms with Crippen molar-refractivity contribution in [3.63, 3.8) is 0 Å². The van der Waals surface area contributed by atoms with Crippen LogP contribution in [0.4, 0.5) is 0 Å². The lowest BCUT2D eigenvalue weighted by Gasteiger charge is -2.19. The maximum Gasteiger partial charge on any atom is 0.306 e. The van der Waals surface area contributed by atoms with Gasteiger partial charge >= 0.3 is 5.97 Å². The Labute approximate surface area is 169 Å².